The van der Waals surface area contributed by atoms with E-state index in [9.17, 15) is 9.59 Å². The Morgan fingerprint density at radius 1 is 0.906 bits per heavy atom. The summed E-state index contributed by atoms with van der Waals surface area (Å²) in [4.78, 5) is 28.5. The molecule has 4 aromatic rings. The number of hydrogen-bond acceptors (Lipinski definition) is 4. The number of aromatic nitrogens is 1. The molecule has 1 aromatic heterocycles. The lowest BCUT2D eigenvalue weighted by Crippen LogP contribution is -2.08. The minimum absolute atomic E-state index is 0.160. The van der Waals surface area contributed by atoms with Crippen LogP contribution in [-0.4, -0.2) is 21.8 Å². The first kappa shape index (κ1) is 21.8. The Balaban J connectivity index is 1.54. The lowest BCUT2D eigenvalue weighted by atomic mass is 9.98. The number of pyridine rings is 1. The summed E-state index contributed by atoms with van der Waals surface area (Å²) >= 11 is 12.0. The fraction of sp³-hybridized carbons (Fsp3) is 0.0800. The van der Waals surface area contributed by atoms with Gasteiger partial charge in [0, 0.05) is 17.1 Å². The normalized spacial score (nSPS) is 10.8. The van der Waals surface area contributed by atoms with Crippen molar-refractivity contribution in [3.63, 3.8) is 0 Å². The van der Waals surface area contributed by atoms with Crippen molar-refractivity contribution in [2.24, 2.45) is 0 Å². The molecule has 1 heterocycles. The van der Waals surface area contributed by atoms with Crippen LogP contribution in [-0.2, 0) is 17.8 Å². The molecule has 0 radical (unpaired) electrons. The number of carbonyl (C=O) groups excluding carboxylic acids is 1. The van der Waals surface area contributed by atoms with E-state index in [4.69, 9.17) is 33.0 Å². The molecule has 0 aliphatic heterocycles. The van der Waals surface area contributed by atoms with Gasteiger partial charge in [-0.3, -0.25) is 14.6 Å². The highest BCUT2D eigenvalue weighted by molar-refractivity contribution is 6.42. The zero-order valence-corrected chi connectivity index (χ0v) is 18.2. The average Bonchev–Trinajstić information content (AvgIpc) is 2.80. The molecule has 0 spiro atoms. The van der Waals surface area contributed by atoms with Gasteiger partial charge in [-0.2, -0.15) is 0 Å². The number of ether oxygens (including phenoxy) is 1. The SMILES string of the molecule is O=C(O)Cc1cnc(C(=O)c2ccc(OCc3ccc(Cl)c(Cl)c3)cc2)c2ccccc12. The van der Waals surface area contributed by atoms with E-state index in [2.05, 4.69) is 4.98 Å². The van der Waals surface area contributed by atoms with E-state index in [0.29, 0.717) is 44.3 Å². The van der Waals surface area contributed by atoms with Gasteiger partial charge in [0.05, 0.1) is 16.5 Å². The third-order valence-corrected chi connectivity index (χ3v) is 5.68. The van der Waals surface area contributed by atoms with Crippen molar-refractivity contribution >= 4 is 45.7 Å². The Hall–Kier alpha value is -3.41. The van der Waals surface area contributed by atoms with Crippen LogP contribution >= 0.6 is 23.2 Å². The van der Waals surface area contributed by atoms with E-state index in [0.717, 1.165) is 5.56 Å². The highest BCUT2D eigenvalue weighted by Gasteiger charge is 2.17. The van der Waals surface area contributed by atoms with Gasteiger partial charge in [0.2, 0.25) is 5.78 Å². The average molecular weight is 466 g/mol. The van der Waals surface area contributed by atoms with Gasteiger partial charge in [-0.15, -0.1) is 0 Å². The molecular formula is C25H17Cl2NO4. The molecule has 0 aliphatic rings. The summed E-state index contributed by atoms with van der Waals surface area (Å²) in [5.74, 6) is -0.603. The van der Waals surface area contributed by atoms with E-state index in [1.165, 1.54) is 6.20 Å². The fourth-order valence-corrected chi connectivity index (χ4v) is 3.69. The quantitative estimate of drug-likeness (QED) is 0.339. The summed E-state index contributed by atoms with van der Waals surface area (Å²) in [6.45, 7) is 0.307. The zero-order valence-electron chi connectivity index (χ0n) is 16.7. The van der Waals surface area contributed by atoms with Crippen LogP contribution in [0, 0.1) is 0 Å². The van der Waals surface area contributed by atoms with Gasteiger partial charge in [0.15, 0.2) is 0 Å². The van der Waals surface area contributed by atoms with Gasteiger partial charge < -0.3 is 9.84 Å². The Bertz CT molecular complexity index is 1320. The van der Waals surface area contributed by atoms with E-state index >= 15 is 0 Å². The Morgan fingerprint density at radius 3 is 2.31 bits per heavy atom. The molecule has 4 rings (SSSR count). The summed E-state index contributed by atoms with van der Waals surface area (Å²) in [6.07, 6.45) is 1.30. The van der Waals surface area contributed by atoms with Crippen molar-refractivity contribution in [2.45, 2.75) is 13.0 Å². The number of halogens is 2. The smallest absolute Gasteiger partial charge is 0.307 e. The minimum Gasteiger partial charge on any atom is -0.489 e. The fourth-order valence-electron chi connectivity index (χ4n) is 3.37. The molecule has 7 heteroatoms. The molecule has 160 valence electrons. The maximum absolute atomic E-state index is 13.1. The van der Waals surface area contributed by atoms with Gasteiger partial charge in [-0.1, -0.05) is 53.5 Å². The van der Waals surface area contributed by atoms with Crippen LogP contribution in [0.4, 0.5) is 0 Å². The van der Waals surface area contributed by atoms with Crippen LogP contribution in [0.3, 0.4) is 0 Å². The number of fused-ring (bicyclic) bond motifs is 1. The van der Waals surface area contributed by atoms with Gasteiger partial charge in [-0.05, 0) is 52.9 Å². The maximum Gasteiger partial charge on any atom is 0.307 e. The van der Waals surface area contributed by atoms with Gasteiger partial charge in [-0.25, -0.2) is 0 Å². The predicted octanol–water partition coefficient (Wildman–Crippen LogP) is 5.98. The second-order valence-corrected chi connectivity index (χ2v) is 7.95. The molecule has 3 aromatic carbocycles. The van der Waals surface area contributed by atoms with E-state index in [-0.39, 0.29) is 17.9 Å². The summed E-state index contributed by atoms with van der Waals surface area (Å²) in [5, 5.41) is 11.4. The first-order chi connectivity index (χ1) is 15.4. The minimum atomic E-state index is -0.951. The van der Waals surface area contributed by atoms with Crippen LogP contribution in [0.2, 0.25) is 10.0 Å². The number of hydrogen-bond donors (Lipinski definition) is 1. The van der Waals surface area contributed by atoms with Gasteiger partial charge >= 0.3 is 5.97 Å². The van der Waals surface area contributed by atoms with Crippen molar-refractivity contribution in [1.29, 1.82) is 0 Å². The van der Waals surface area contributed by atoms with Crippen LogP contribution in [0.5, 0.6) is 5.75 Å². The largest absolute Gasteiger partial charge is 0.489 e. The maximum atomic E-state index is 13.1. The molecule has 0 atom stereocenters. The molecule has 0 amide bonds. The topological polar surface area (TPSA) is 76.5 Å². The molecule has 0 saturated heterocycles. The van der Waals surface area contributed by atoms with E-state index in [1.54, 1.807) is 54.6 Å². The van der Waals surface area contributed by atoms with Crippen molar-refractivity contribution in [3.05, 3.63) is 105 Å². The lowest BCUT2D eigenvalue weighted by Gasteiger charge is -2.10. The van der Waals surface area contributed by atoms with E-state index < -0.39 is 5.97 Å². The molecule has 0 unspecified atom stereocenters. The molecule has 32 heavy (non-hydrogen) atoms. The number of carboxylic acids is 1. The van der Waals surface area contributed by atoms with Crippen molar-refractivity contribution in [2.75, 3.05) is 0 Å². The van der Waals surface area contributed by atoms with E-state index in [1.807, 2.05) is 12.1 Å². The van der Waals surface area contributed by atoms with Crippen molar-refractivity contribution in [1.82, 2.24) is 4.98 Å². The summed E-state index contributed by atoms with van der Waals surface area (Å²) in [5.41, 5.74) is 2.17. The second-order valence-electron chi connectivity index (χ2n) is 7.14. The van der Waals surface area contributed by atoms with Crippen LogP contribution in [0.25, 0.3) is 10.8 Å². The molecule has 0 saturated carbocycles. The summed E-state index contributed by atoms with van der Waals surface area (Å²) in [6, 6.07) is 19.2. The van der Waals surface area contributed by atoms with Crippen LogP contribution in [0.1, 0.15) is 27.2 Å². The molecule has 1 N–H and O–H groups in total. The first-order valence-corrected chi connectivity index (χ1v) is 10.5. The number of nitrogens with zero attached hydrogens (tertiary/aromatic N) is 1. The molecular weight excluding hydrogens is 449 g/mol. The second kappa shape index (κ2) is 9.39. The Labute approximate surface area is 194 Å². The first-order valence-electron chi connectivity index (χ1n) is 9.72. The van der Waals surface area contributed by atoms with Gasteiger partial charge in [0.25, 0.3) is 0 Å². The Morgan fingerprint density at radius 2 is 1.62 bits per heavy atom. The molecule has 0 fully saturated rings. The number of carboxylic acid groups (broad SMARTS) is 1. The summed E-state index contributed by atoms with van der Waals surface area (Å²) < 4.78 is 5.77. The molecule has 0 aliphatic carbocycles. The highest BCUT2D eigenvalue weighted by Crippen LogP contribution is 2.26. The number of aliphatic carboxylic acids is 1. The number of rotatable bonds is 7. The number of benzene rings is 3. The molecule has 0 bridgehead atoms. The third-order valence-electron chi connectivity index (χ3n) is 4.94. The number of carbonyl (C=O) groups is 2. The van der Waals surface area contributed by atoms with Gasteiger partial charge in [0.1, 0.15) is 18.1 Å². The Kier molecular flexibility index (Phi) is 6.40. The number of ketones is 1. The highest BCUT2D eigenvalue weighted by atomic mass is 35.5. The summed E-state index contributed by atoms with van der Waals surface area (Å²) in [7, 11) is 0. The van der Waals surface area contributed by atoms with Crippen molar-refractivity contribution in [3.8, 4) is 5.75 Å². The third kappa shape index (κ3) is 4.74. The van der Waals surface area contributed by atoms with Crippen LogP contribution in [0.15, 0.2) is 72.9 Å². The monoisotopic (exact) mass is 465 g/mol. The lowest BCUT2D eigenvalue weighted by molar-refractivity contribution is -0.136. The standard InChI is InChI=1S/C25H17Cl2NO4/c26-21-10-5-15(11-22(21)27)14-32-18-8-6-16(7-9-18)25(31)24-20-4-2-1-3-19(20)17(13-28-24)12-23(29)30/h1-11,13H,12,14H2,(H,29,30). The zero-order chi connectivity index (χ0) is 22.7. The molecule has 5 nitrogen and oxygen atoms in total. The predicted molar refractivity (Wildman–Crippen MR) is 124 cm³/mol. The van der Waals surface area contributed by atoms with Crippen LogP contribution < -0.4 is 4.74 Å². The van der Waals surface area contributed by atoms with Crippen molar-refractivity contribution < 1.29 is 19.4 Å².